The number of allylic oxidation sites excluding steroid dienone is 1. The van der Waals surface area contributed by atoms with Gasteiger partial charge in [0.05, 0.1) is 0 Å². The first-order chi connectivity index (χ1) is 5.20. The highest BCUT2D eigenvalue weighted by Gasteiger charge is 2.16. The van der Waals surface area contributed by atoms with Crippen molar-refractivity contribution in [1.29, 1.82) is 0 Å². The summed E-state index contributed by atoms with van der Waals surface area (Å²) in [4.78, 5) is 10.3. The van der Waals surface area contributed by atoms with Crippen molar-refractivity contribution in [2.75, 3.05) is 0 Å². The van der Waals surface area contributed by atoms with E-state index in [0.29, 0.717) is 5.92 Å². The third kappa shape index (κ3) is 2.37. The molecule has 0 aromatic carbocycles. The number of rotatable bonds is 2. The molecule has 11 heavy (non-hydrogen) atoms. The Hall–Kier alpha value is -0.790. The molecule has 1 aliphatic rings. The number of hydrogen-bond acceptors (Lipinski definition) is 1. The largest absolute Gasteiger partial charge is 0.478 e. The summed E-state index contributed by atoms with van der Waals surface area (Å²) in [6.07, 6.45) is 6.21. The maximum atomic E-state index is 10.3. The van der Waals surface area contributed by atoms with Crippen LogP contribution in [0.4, 0.5) is 0 Å². The highest BCUT2D eigenvalue weighted by Crippen LogP contribution is 2.30. The molecule has 2 nitrogen and oxygen atoms in total. The number of carbonyl (C=O) groups is 1. The molecule has 0 saturated heterocycles. The molecule has 0 aromatic heterocycles. The van der Waals surface area contributed by atoms with Gasteiger partial charge in [0.2, 0.25) is 0 Å². The smallest absolute Gasteiger partial charge is 0.328 e. The normalized spacial score (nSPS) is 20.6. The second-order valence-corrected chi connectivity index (χ2v) is 3.21. The zero-order valence-electron chi connectivity index (χ0n) is 6.84. The van der Waals surface area contributed by atoms with Crippen molar-refractivity contribution < 1.29 is 9.90 Å². The van der Waals surface area contributed by atoms with Gasteiger partial charge in [0, 0.05) is 6.08 Å². The zero-order valence-corrected chi connectivity index (χ0v) is 6.84. The lowest BCUT2D eigenvalue weighted by molar-refractivity contribution is -0.131. The van der Waals surface area contributed by atoms with Gasteiger partial charge >= 0.3 is 5.97 Å². The molecule has 1 saturated carbocycles. The minimum Gasteiger partial charge on any atom is -0.478 e. The van der Waals surface area contributed by atoms with E-state index in [9.17, 15) is 4.79 Å². The van der Waals surface area contributed by atoms with Gasteiger partial charge in [-0.2, -0.15) is 0 Å². The van der Waals surface area contributed by atoms with E-state index in [1.54, 1.807) is 0 Å². The first-order valence-corrected chi connectivity index (χ1v) is 4.11. The van der Waals surface area contributed by atoms with Crippen LogP contribution in [-0.4, -0.2) is 11.1 Å². The molecule has 0 heterocycles. The lowest BCUT2D eigenvalue weighted by atomic mass is 9.99. The first kappa shape index (κ1) is 8.31. The molecular weight excluding hydrogens is 140 g/mol. The fraction of sp³-hybridized carbons (Fsp3) is 0.667. The van der Waals surface area contributed by atoms with Crippen molar-refractivity contribution in [2.45, 2.75) is 32.6 Å². The average molecular weight is 154 g/mol. The highest BCUT2D eigenvalue weighted by atomic mass is 16.4. The Balaban J connectivity index is 2.51. The van der Waals surface area contributed by atoms with Crippen LogP contribution < -0.4 is 0 Å². The predicted octanol–water partition coefficient (Wildman–Crippen LogP) is 2.21. The van der Waals surface area contributed by atoms with Crippen LogP contribution in [0, 0.1) is 5.92 Å². The summed E-state index contributed by atoms with van der Waals surface area (Å²) in [7, 11) is 0. The Morgan fingerprint density at radius 3 is 2.45 bits per heavy atom. The molecule has 0 aliphatic heterocycles. The topological polar surface area (TPSA) is 37.3 Å². The molecule has 2 heteroatoms. The van der Waals surface area contributed by atoms with E-state index >= 15 is 0 Å². The third-order valence-electron chi connectivity index (χ3n) is 2.35. The Labute approximate surface area is 66.9 Å². The van der Waals surface area contributed by atoms with Crippen LogP contribution in [-0.2, 0) is 4.79 Å². The molecule has 0 bridgehead atoms. The van der Waals surface area contributed by atoms with E-state index < -0.39 is 5.97 Å². The van der Waals surface area contributed by atoms with Crippen LogP contribution in [0.2, 0.25) is 0 Å². The van der Waals surface area contributed by atoms with Crippen molar-refractivity contribution >= 4 is 5.97 Å². The Morgan fingerprint density at radius 1 is 1.45 bits per heavy atom. The minimum absolute atomic E-state index is 0.547. The van der Waals surface area contributed by atoms with Crippen molar-refractivity contribution in [3.63, 3.8) is 0 Å². The van der Waals surface area contributed by atoms with E-state index in [1.165, 1.54) is 31.8 Å². The van der Waals surface area contributed by atoms with Gasteiger partial charge in [-0.1, -0.05) is 18.4 Å². The molecule has 0 unspecified atom stereocenters. The molecule has 0 amide bonds. The Kier molecular flexibility index (Phi) is 2.69. The second-order valence-electron chi connectivity index (χ2n) is 3.21. The maximum Gasteiger partial charge on any atom is 0.328 e. The maximum absolute atomic E-state index is 10.3. The quantitative estimate of drug-likeness (QED) is 0.619. The highest BCUT2D eigenvalue weighted by molar-refractivity contribution is 5.80. The molecule has 1 rings (SSSR count). The summed E-state index contributed by atoms with van der Waals surface area (Å²) in [5, 5.41) is 8.47. The SMILES string of the molecule is C/C(=C\C(=O)O)C1CCCC1. The number of carboxylic acid groups (broad SMARTS) is 1. The monoisotopic (exact) mass is 154 g/mol. The summed E-state index contributed by atoms with van der Waals surface area (Å²) in [5.74, 6) is -0.263. The van der Waals surface area contributed by atoms with Crippen LogP contribution in [0.15, 0.2) is 11.6 Å². The van der Waals surface area contributed by atoms with Gasteiger partial charge < -0.3 is 5.11 Å². The van der Waals surface area contributed by atoms with Crippen molar-refractivity contribution in [3.8, 4) is 0 Å². The van der Waals surface area contributed by atoms with Crippen LogP contribution in [0.3, 0.4) is 0 Å². The lowest BCUT2D eigenvalue weighted by Gasteiger charge is -2.07. The van der Waals surface area contributed by atoms with Gasteiger partial charge in [-0.25, -0.2) is 4.79 Å². The Morgan fingerprint density at radius 2 is 2.00 bits per heavy atom. The van der Waals surface area contributed by atoms with Gasteiger partial charge in [0.15, 0.2) is 0 Å². The molecule has 62 valence electrons. The van der Waals surface area contributed by atoms with Crippen molar-refractivity contribution in [1.82, 2.24) is 0 Å². The third-order valence-corrected chi connectivity index (χ3v) is 2.35. The van der Waals surface area contributed by atoms with Crippen molar-refractivity contribution in [3.05, 3.63) is 11.6 Å². The number of aliphatic carboxylic acids is 1. The van der Waals surface area contributed by atoms with Gasteiger partial charge in [0.25, 0.3) is 0 Å². The molecule has 0 aromatic rings. The molecule has 0 atom stereocenters. The second kappa shape index (κ2) is 3.56. The van der Waals surface area contributed by atoms with Gasteiger partial charge in [-0.3, -0.25) is 0 Å². The van der Waals surface area contributed by atoms with Crippen LogP contribution in [0.1, 0.15) is 32.6 Å². The molecule has 1 aliphatic carbocycles. The number of hydrogen-bond donors (Lipinski definition) is 1. The fourth-order valence-electron chi connectivity index (χ4n) is 1.69. The minimum atomic E-state index is -0.811. The van der Waals surface area contributed by atoms with E-state index in [1.807, 2.05) is 6.92 Å². The van der Waals surface area contributed by atoms with Gasteiger partial charge in [0.1, 0.15) is 0 Å². The first-order valence-electron chi connectivity index (χ1n) is 4.11. The fourth-order valence-corrected chi connectivity index (χ4v) is 1.69. The molecule has 0 spiro atoms. The molecular formula is C9H14O2. The van der Waals surface area contributed by atoms with Gasteiger partial charge in [-0.05, 0) is 25.7 Å². The van der Waals surface area contributed by atoms with E-state index in [2.05, 4.69) is 0 Å². The van der Waals surface area contributed by atoms with E-state index in [-0.39, 0.29) is 0 Å². The predicted molar refractivity (Wildman–Crippen MR) is 43.4 cm³/mol. The Bertz CT molecular complexity index is 176. The standard InChI is InChI=1S/C9H14O2/c1-7(6-9(10)11)8-4-2-3-5-8/h6,8H,2-5H2,1H3,(H,10,11)/b7-6+. The zero-order chi connectivity index (χ0) is 8.27. The summed E-state index contributed by atoms with van der Waals surface area (Å²) in [5.41, 5.74) is 1.04. The van der Waals surface area contributed by atoms with E-state index in [4.69, 9.17) is 5.11 Å². The summed E-state index contributed by atoms with van der Waals surface area (Å²) in [6, 6.07) is 0. The van der Waals surface area contributed by atoms with Gasteiger partial charge in [-0.15, -0.1) is 0 Å². The lowest BCUT2D eigenvalue weighted by Crippen LogP contribution is -1.98. The summed E-state index contributed by atoms with van der Waals surface area (Å²) in [6.45, 7) is 1.92. The number of carboxylic acids is 1. The molecule has 0 radical (unpaired) electrons. The van der Waals surface area contributed by atoms with Crippen LogP contribution in [0.25, 0.3) is 0 Å². The molecule has 1 fully saturated rings. The molecule has 1 N–H and O–H groups in total. The van der Waals surface area contributed by atoms with Crippen LogP contribution >= 0.6 is 0 Å². The summed E-state index contributed by atoms with van der Waals surface area (Å²) < 4.78 is 0. The van der Waals surface area contributed by atoms with Crippen molar-refractivity contribution in [2.24, 2.45) is 5.92 Å². The van der Waals surface area contributed by atoms with Crippen LogP contribution in [0.5, 0.6) is 0 Å². The summed E-state index contributed by atoms with van der Waals surface area (Å²) >= 11 is 0. The van der Waals surface area contributed by atoms with E-state index in [0.717, 1.165) is 5.57 Å². The average Bonchev–Trinajstić information content (AvgIpc) is 2.35.